The van der Waals surface area contributed by atoms with Crippen molar-refractivity contribution < 1.29 is 9.53 Å². The van der Waals surface area contributed by atoms with Gasteiger partial charge in [0.05, 0.1) is 0 Å². The lowest BCUT2D eigenvalue weighted by Crippen LogP contribution is -2.20. The lowest BCUT2D eigenvalue weighted by molar-refractivity contribution is -0.118. The van der Waals surface area contributed by atoms with Gasteiger partial charge in [0.25, 0.3) is 5.91 Å². The van der Waals surface area contributed by atoms with Gasteiger partial charge in [0.2, 0.25) is 0 Å². The highest BCUT2D eigenvalue weighted by Gasteiger charge is 2.10. The zero-order chi connectivity index (χ0) is 19.2. The number of hydrogen-bond donors (Lipinski definition) is 1. The predicted molar refractivity (Wildman–Crippen MR) is 104 cm³/mol. The Morgan fingerprint density at radius 1 is 1.19 bits per heavy atom. The molecular formula is C20H23N5O2. The van der Waals surface area contributed by atoms with E-state index in [2.05, 4.69) is 34.7 Å². The summed E-state index contributed by atoms with van der Waals surface area (Å²) in [6, 6.07) is 15.2. The van der Waals surface area contributed by atoms with Crippen LogP contribution in [0.5, 0.6) is 5.75 Å². The van der Waals surface area contributed by atoms with E-state index in [4.69, 9.17) is 4.74 Å². The summed E-state index contributed by atoms with van der Waals surface area (Å²) in [4.78, 5) is 12.2. The summed E-state index contributed by atoms with van der Waals surface area (Å²) in [6.45, 7) is 6.85. The van der Waals surface area contributed by atoms with Gasteiger partial charge >= 0.3 is 0 Å². The minimum Gasteiger partial charge on any atom is -0.484 e. The summed E-state index contributed by atoms with van der Waals surface area (Å²) in [6.07, 6.45) is 0. The average Bonchev–Trinajstić information content (AvgIpc) is 3.16. The van der Waals surface area contributed by atoms with E-state index in [9.17, 15) is 4.79 Å². The number of nitrogens with zero attached hydrogens (tertiary/aromatic N) is 4. The van der Waals surface area contributed by atoms with Crippen LogP contribution in [0.25, 0.3) is 11.4 Å². The Bertz CT molecular complexity index is 903. The Morgan fingerprint density at radius 3 is 2.67 bits per heavy atom. The first-order chi connectivity index (χ1) is 13.1. The number of aromatic nitrogens is 4. The van der Waals surface area contributed by atoms with Gasteiger partial charge in [0.15, 0.2) is 12.4 Å². The number of ether oxygens (including phenoxy) is 1. The zero-order valence-corrected chi connectivity index (χ0v) is 15.7. The molecule has 0 saturated heterocycles. The van der Waals surface area contributed by atoms with Crippen LogP contribution in [0.15, 0.2) is 48.5 Å². The standard InChI is InChI=1S/C20H23N5O2/c1-4-25-20(22-23-24-25)16-6-5-7-17(12-16)21-19(26)13-27-18-10-8-15(9-11-18)14(2)3/h5-12,14H,4,13H2,1-3H3,(H,21,26). The molecule has 0 unspecified atom stereocenters. The number of nitrogens with one attached hydrogen (secondary N) is 1. The van der Waals surface area contributed by atoms with Crippen LogP contribution in [0, 0.1) is 0 Å². The van der Waals surface area contributed by atoms with Gasteiger partial charge in [-0.25, -0.2) is 4.68 Å². The molecular weight excluding hydrogens is 342 g/mol. The van der Waals surface area contributed by atoms with Crippen LogP contribution in [0.1, 0.15) is 32.3 Å². The summed E-state index contributed by atoms with van der Waals surface area (Å²) in [5.74, 6) is 1.57. The maximum atomic E-state index is 12.2. The molecule has 27 heavy (non-hydrogen) atoms. The number of aryl methyl sites for hydroxylation is 1. The van der Waals surface area contributed by atoms with Crippen molar-refractivity contribution in [3.05, 3.63) is 54.1 Å². The second-order valence-electron chi connectivity index (χ2n) is 6.46. The molecule has 1 amide bonds. The summed E-state index contributed by atoms with van der Waals surface area (Å²) >= 11 is 0. The number of rotatable bonds is 7. The number of hydrogen-bond acceptors (Lipinski definition) is 5. The largest absolute Gasteiger partial charge is 0.484 e. The maximum absolute atomic E-state index is 12.2. The second kappa shape index (κ2) is 8.44. The first-order valence-corrected chi connectivity index (χ1v) is 8.96. The van der Waals surface area contributed by atoms with Crippen LogP contribution in [0.2, 0.25) is 0 Å². The number of carbonyl (C=O) groups excluding carboxylic acids is 1. The predicted octanol–water partition coefficient (Wildman–Crippen LogP) is 3.50. The van der Waals surface area contributed by atoms with Gasteiger partial charge in [-0.1, -0.05) is 38.1 Å². The van der Waals surface area contributed by atoms with Crippen molar-refractivity contribution in [2.45, 2.75) is 33.2 Å². The highest BCUT2D eigenvalue weighted by Crippen LogP contribution is 2.21. The van der Waals surface area contributed by atoms with Crippen LogP contribution in [0.3, 0.4) is 0 Å². The molecule has 3 aromatic rings. The first kappa shape index (κ1) is 18.6. The van der Waals surface area contributed by atoms with Crippen molar-refractivity contribution in [1.29, 1.82) is 0 Å². The molecule has 0 atom stereocenters. The van der Waals surface area contributed by atoms with E-state index in [1.54, 1.807) is 4.68 Å². The number of tetrazole rings is 1. The Balaban J connectivity index is 1.60. The van der Waals surface area contributed by atoms with E-state index in [1.807, 2.05) is 55.5 Å². The topological polar surface area (TPSA) is 81.9 Å². The van der Waals surface area contributed by atoms with Crippen LogP contribution >= 0.6 is 0 Å². The average molecular weight is 365 g/mol. The molecule has 1 N–H and O–H groups in total. The molecule has 2 aromatic carbocycles. The Labute approximate surface area is 158 Å². The molecule has 0 aliphatic heterocycles. The monoisotopic (exact) mass is 365 g/mol. The third kappa shape index (κ3) is 4.69. The van der Waals surface area contributed by atoms with Gasteiger partial charge in [-0.3, -0.25) is 4.79 Å². The molecule has 1 aromatic heterocycles. The fraction of sp³-hybridized carbons (Fsp3) is 0.300. The van der Waals surface area contributed by atoms with E-state index in [0.717, 1.165) is 5.56 Å². The quantitative estimate of drug-likeness (QED) is 0.693. The third-order valence-electron chi connectivity index (χ3n) is 4.15. The number of anilines is 1. The van der Waals surface area contributed by atoms with Crippen LogP contribution in [-0.2, 0) is 11.3 Å². The zero-order valence-electron chi connectivity index (χ0n) is 15.7. The van der Waals surface area contributed by atoms with Crippen molar-refractivity contribution in [3.63, 3.8) is 0 Å². The van der Waals surface area contributed by atoms with E-state index < -0.39 is 0 Å². The number of carbonyl (C=O) groups is 1. The first-order valence-electron chi connectivity index (χ1n) is 8.96. The maximum Gasteiger partial charge on any atom is 0.262 e. The summed E-state index contributed by atoms with van der Waals surface area (Å²) in [5.41, 5.74) is 2.74. The van der Waals surface area contributed by atoms with Gasteiger partial charge in [0.1, 0.15) is 5.75 Å². The van der Waals surface area contributed by atoms with Crippen molar-refractivity contribution >= 4 is 11.6 Å². The second-order valence-corrected chi connectivity index (χ2v) is 6.46. The van der Waals surface area contributed by atoms with Crippen LogP contribution < -0.4 is 10.1 Å². The van der Waals surface area contributed by atoms with Gasteiger partial charge in [0, 0.05) is 17.8 Å². The molecule has 0 saturated carbocycles. The number of amides is 1. The molecule has 0 radical (unpaired) electrons. The normalized spacial score (nSPS) is 10.8. The minimum atomic E-state index is -0.227. The fourth-order valence-corrected chi connectivity index (χ4v) is 2.66. The smallest absolute Gasteiger partial charge is 0.262 e. The van der Waals surface area contributed by atoms with Crippen LogP contribution in [-0.4, -0.2) is 32.7 Å². The highest BCUT2D eigenvalue weighted by molar-refractivity contribution is 5.92. The summed E-state index contributed by atoms with van der Waals surface area (Å²) in [5, 5.41) is 14.5. The highest BCUT2D eigenvalue weighted by atomic mass is 16.5. The van der Waals surface area contributed by atoms with Gasteiger partial charge < -0.3 is 10.1 Å². The lowest BCUT2D eigenvalue weighted by Gasteiger charge is -2.10. The van der Waals surface area contributed by atoms with E-state index >= 15 is 0 Å². The van der Waals surface area contributed by atoms with Gasteiger partial charge in [-0.15, -0.1) is 5.10 Å². The molecule has 0 aliphatic rings. The van der Waals surface area contributed by atoms with E-state index in [-0.39, 0.29) is 12.5 Å². The molecule has 3 rings (SSSR count). The third-order valence-corrected chi connectivity index (χ3v) is 4.15. The van der Waals surface area contributed by atoms with Crippen molar-refractivity contribution in [2.24, 2.45) is 0 Å². The van der Waals surface area contributed by atoms with Gasteiger partial charge in [-0.05, 0) is 53.1 Å². The molecule has 0 bridgehead atoms. The number of benzene rings is 2. The molecule has 1 heterocycles. The van der Waals surface area contributed by atoms with Crippen molar-refractivity contribution in [1.82, 2.24) is 20.2 Å². The van der Waals surface area contributed by atoms with E-state index in [1.165, 1.54) is 5.56 Å². The SMILES string of the molecule is CCn1nnnc1-c1cccc(NC(=O)COc2ccc(C(C)C)cc2)c1. The molecule has 140 valence electrons. The van der Waals surface area contributed by atoms with Crippen molar-refractivity contribution in [2.75, 3.05) is 11.9 Å². The molecule has 0 fully saturated rings. The Hall–Kier alpha value is -3.22. The fourth-order valence-electron chi connectivity index (χ4n) is 2.66. The molecule has 0 spiro atoms. The molecule has 7 heteroatoms. The van der Waals surface area contributed by atoms with Crippen molar-refractivity contribution in [3.8, 4) is 17.1 Å². The van der Waals surface area contributed by atoms with E-state index in [0.29, 0.717) is 29.7 Å². The van der Waals surface area contributed by atoms with Crippen LogP contribution in [0.4, 0.5) is 5.69 Å². The Morgan fingerprint density at radius 2 is 1.96 bits per heavy atom. The lowest BCUT2D eigenvalue weighted by atomic mass is 10.0. The summed E-state index contributed by atoms with van der Waals surface area (Å²) < 4.78 is 7.26. The van der Waals surface area contributed by atoms with Gasteiger partial charge in [-0.2, -0.15) is 0 Å². The summed E-state index contributed by atoms with van der Waals surface area (Å²) in [7, 11) is 0. The Kier molecular flexibility index (Phi) is 5.80. The molecule has 7 nitrogen and oxygen atoms in total. The minimum absolute atomic E-state index is 0.0576. The molecule has 0 aliphatic carbocycles.